The van der Waals surface area contributed by atoms with Gasteiger partial charge in [-0.1, -0.05) is 96.1 Å². The number of rotatable bonds is 19. The average Bonchev–Trinajstić information content (AvgIpc) is 3.36. The first-order chi connectivity index (χ1) is 19.6. The second-order valence-electron chi connectivity index (χ2n) is 10.3. The molecule has 2 aromatic carbocycles. The smallest absolute Gasteiger partial charge is 0.237 e. The highest BCUT2D eigenvalue weighted by Crippen LogP contribution is 2.38. The van der Waals surface area contributed by atoms with E-state index in [1.54, 1.807) is 32.1 Å². The van der Waals surface area contributed by atoms with Gasteiger partial charge in [-0.2, -0.15) is 0 Å². The predicted octanol–water partition coefficient (Wildman–Crippen LogP) is 8.93. The van der Waals surface area contributed by atoms with Crippen LogP contribution < -0.4 is 14.2 Å². The van der Waals surface area contributed by atoms with Crippen LogP contribution in [0.25, 0.3) is 11.0 Å². The van der Waals surface area contributed by atoms with E-state index in [1.165, 1.54) is 70.6 Å². The van der Waals surface area contributed by atoms with Crippen LogP contribution in [0.5, 0.6) is 17.2 Å². The molecule has 40 heavy (non-hydrogen) atoms. The number of methoxy groups -OCH3 is 3. The Morgan fingerprint density at radius 1 is 0.800 bits per heavy atom. The number of carbonyl (C=O) groups is 1. The molecular formula is C33H47N3O4. The maximum Gasteiger partial charge on any atom is 0.237 e. The third-order valence-corrected chi connectivity index (χ3v) is 7.30. The number of carbonyl (C=O) groups excluding carboxylic acids is 1. The molecule has 3 aromatic rings. The number of hydrogen-bond donors (Lipinski definition) is 0. The topological polar surface area (TPSA) is 74.9 Å². The number of imidazole rings is 1. The summed E-state index contributed by atoms with van der Waals surface area (Å²) in [6.45, 7) is 2.27. The zero-order valence-electron chi connectivity index (χ0n) is 24.9. The summed E-state index contributed by atoms with van der Waals surface area (Å²) in [5.74, 6) is 1.98. The Balaban J connectivity index is 1.54. The Morgan fingerprint density at radius 2 is 1.35 bits per heavy atom. The number of unbranched alkanes of at least 4 members (excludes halogenated alkanes) is 12. The zero-order valence-corrected chi connectivity index (χ0v) is 24.9. The SMILES string of the molecule is CCCCCCCCCCCCCCCC(=O)n1c(/N=C/c2cc(OC)c(OC)c(OC)c2)nc2ccccc21. The van der Waals surface area contributed by atoms with Crippen molar-refractivity contribution >= 4 is 29.1 Å². The molecule has 0 aliphatic heterocycles. The third kappa shape index (κ3) is 9.10. The number of nitrogens with zero attached hydrogens (tertiary/aromatic N) is 3. The van der Waals surface area contributed by atoms with Crippen LogP contribution in [0, 0.1) is 0 Å². The molecule has 1 aromatic heterocycles. The third-order valence-electron chi connectivity index (χ3n) is 7.30. The first-order valence-electron chi connectivity index (χ1n) is 15.0. The summed E-state index contributed by atoms with van der Waals surface area (Å²) in [5, 5.41) is 0. The lowest BCUT2D eigenvalue weighted by atomic mass is 10.0. The van der Waals surface area contributed by atoms with E-state index in [9.17, 15) is 4.79 Å². The molecule has 7 nitrogen and oxygen atoms in total. The molecule has 0 saturated heterocycles. The molecule has 0 aliphatic rings. The Morgan fingerprint density at radius 3 is 1.90 bits per heavy atom. The molecule has 0 aliphatic carbocycles. The van der Waals surface area contributed by atoms with Crippen molar-refractivity contribution in [2.75, 3.05) is 21.3 Å². The minimum atomic E-state index is 0.0221. The summed E-state index contributed by atoms with van der Waals surface area (Å²) in [6, 6.07) is 11.3. The van der Waals surface area contributed by atoms with Crippen LogP contribution in [0.2, 0.25) is 0 Å². The number of aromatic nitrogens is 2. The van der Waals surface area contributed by atoms with Crippen molar-refractivity contribution in [3.05, 3.63) is 42.0 Å². The number of ether oxygens (including phenoxy) is 3. The van der Waals surface area contributed by atoms with Crippen LogP contribution in [0.15, 0.2) is 41.4 Å². The van der Waals surface area contributed by atoms with Crippen LogP contribution in [-0.4, -0.2) is 43.0 Å². The fraction of sp³-hybridized carbons (Fsp3) is 0.545. The molecule has 0 spiro atoms. The summed E-state index contributed by atoms with van der Waals surface area (Å²) in [6.07, 6.45) is 18.8. The highest BCUT2D eigenvalue weighted by atomic mass is 16.5. The fourth-order valence-corrected chi connectivity index (χ4v) is 5.06. The monoisotopic (exact) mass is 549 g/mol. The summed E-state index contributed by atoms with van der Waals surface area (Å²) in [5.41, 5.74) is 2.27. The van der Waals surface area contributed by atoms with Crippen molar-refractivity contribution < 1.29 is 19.0 Å². The van der Waals surface area contributed by atoms with E-state index in [0.717, 1.165) is 29.4 Å². The van der Waals surface area contributed by atoms with Crippen molar-refractivity contribution in [2.45, 2.75) is 96.8 Å². The largest absolute Gasteiger partial charge is 0.493 e. The molecule has 0 radical (unpaired) electrons. The first kappa shape index (κ1) is 31.2. The van der Waals surface area contributed by atoms with Gasteiger partial charge < -0.3 is 14.2 Å². The van der Waals surface area contributed by atoms with Gasteiger partial charge in [-0.15, -0.1) is 0 Å². The van der Waals surface area contributed by atoms with Gasteiger partial charge in [-0.05, 0) is 30.7 Å². The van der Waals surface area contributed by atoms with Crippen molar-refractivity contribution in [3.8, 4) is 17.2 Å². The quantitative estimate of drug-likeness (QED) is 0.110. The van der Waals surface area contributed by atoms with Gasteiger partial charge in [0.25, 0.3) is 0 Å². The number of fused-ring (bicyclic) bond motifs is 1. The van der Waals surface area contributed by atoms with Crippen molar-refractivity contribution in [1.29, 1.82) is 0 Å². The van der Waals surface area contributed by atoms with E-state index in [4.69, 9.17) is 14.2 Å². The van der Waals surface area contributed by atoms with Gasteiger partial charge in [0.05, 0.1) is 32.4 Å². The van der Waals surface area contributed by atoms with Crippen molar-refractivity contribution in [1.82, 2.24) is 9.55 Å². The molecule has 218 valence electrons. The molecule has 7 heteroatoms. The summed E-state index contributed by atoms with van der Waals surface area (Å²) in [4.78, 5) is 22.6. The minimum absolute atomic E-state index is 0.0221. The van der Waals surface area contributed by atoms with Crippen LogP contribution >= 0.6 is 0 Å². The Kier molecular flexibility index (Phi) is 13.5. The second-order valence-corrected chi connectivity index (χ2v) is 10.3. The maximum absolute atomic E-state index is 13.3. The van der Waals surface area contributed by atoms with Crippen LogP contribution in [-0.2, 0) is 0 Å². The maximum atomic E-state index is 13.3. The van der Waals surface area contributed by atoms with Crippen molar-refractivity contribution in [3.63, 3.8) is 0 Å². The average molecular weight is 550 g/mol. The number of hydrogen-bond acceptors (Lipinski definition) is 6. The molecule has 0 unspecified atom stereocenters. The first-order valence-corrected chi connectivity index (χ1v) is 15.0. The number of para-hydroxylation sites is 2. The van der Waals surface area contributed by atoms with E-state index in [2.05, 4.69) is 16.9 Å². The van der Waals surface area contributed by atoms with E-state index < -0.39 is 0 Å². The normalized spacial score (nSPS) is 11.4. The van der Waals surface area contributed by atoms with Crippen LogP contribution in [0.3, 0.4) is 0 Å². The molecule has 1 heterocycles. The predicted molar refractivity (Wildman–Crippen MR) is 164 cm³/mol. The Labute approximate surface area is 240 Å². The minimum Gasteiger partial charge on any atom is -0.493 e. The highest BCUT2D eigenvalue weighted by Gasteiger charge is 2.17. The van der Waals surface area contributed by atoms with Gasteiger partial charge in [0.1, 0.15) is 0 Å². The lowest BCUT2D eigenvalue weighted by molar-refractivity contribution is 0.0906. The summed E-state index contributed by atoms with van der Waals surface area (Å²) in [7, 11) is 4.72. The van der Waals surface area contributed by atoms with E-state index >= 15 is 0 Å². The molecular weight excluding hydrogens is 502 g/mol. The van der Waals surface area contributed by atoms with Gasteiger partial charge in [0, 0.05) is 18.2 Å². The summed E-state index contributed by atoms with van der Waals surface area (Å²) < 4.78 is 18.0. The molecule has 0 saturated carbocycles. The van der Waals surface area contributed by atoms with Gasteiger partial charge in [-0.3, -0.25) is 4.79 Å². The van der Waals surface area contributed by atoms with E-state index in [1.807, 2.05) is 36.4 Å². The molecule has 0 amide bonds. The molecule has 0 N–H and O–H groups in total. The van der Waals surface area contributed by atoms with Crippen LogP contribution in [0.1, 0.15) is 107 Å². The Hall–Kier alpha value is -3.35. The molecule has 3 rings (SSSR count). The van der Waals surface area contributed by atoms with E-state index in [-0.39, 0.29) is 5.91 Å². The fourth-order valence-electron chi connectivity index (χ4n) is 5.06. The van der Waals surface area contributed by atoms with Crippen molar-refractivity contribution in [2.24, 2.45) is 4.99 Å². The second kappa shape index (κ2) is 17.4. The summed E-state index contributed by atoms with van der Waals surface area (Å²) >= 11 is 0. The molecule has 0 bridgehead atoms. The van der Waals surface area contributed by atoms with Gasteiger partial charge in [0.15, 0.2) is 11.5 Å². The lowest BCUT2D eigenvalue weighted by Crippen LogP contribution is -2.10. The lowest BCUT2D eigenvalue weighted by Gasteiger charge is -2.12. The van der Waals surface area contributed by atoms with Gasteiger partial charge in [0.2, 0.25) is 17.6 Å². The van der Waals surface area contributed by atoms with Gasteiger partial charge >= 0.3 is 0 Å². The standard InChI is InChI=1S/C33H47N3O4/c1-5-6-7-8-9-10-11-12-13-14-15-16-17-22-31(37)36-28-21-19-18-20-27(28)35-33(36)34-25-26-23-29(38-2)32(40-4)30(24-26)39-3/h18-21,23-25H,5-17,22H2,1-4H3/b34-25+. The number of benzene rings is 2. The number of aliphatic imine (C=N–C) groups is 1. The van der Waals surface area contributed by atoms with Gasteiger partial charge in [-0.25, -0.2) is 14.5 Å². The molecule has 0 fully saturated rings. The highest BCUT2D eigenvalue weighted by molar-refractivity contribution is 5.94. The zero-order chi connectivity index (χ0) is 28.6. The Bertz CT molecular complexity index is 1190. The molecule has 0 atom stereocenters. The van der Waals surface area contributed by atoms with E-state index in [0.29, 0.717) is 29.6 Å². The van der Waals surface area contributed by atoms with Crippen LogP contribution in [0.4, 0.5) is 5.95 Å².